The van der Waals surface area contributed by atoms with Crippen LogP contribution in [-0.4, -0.2) is 6.61 Å². The third-order valence-electron chi connectivity index (χ3n) is 4.76. The van der Waals surface area contributed by atoms with E-state index in [9.17, 15) is 0 Å². The molecular weight excluding hydrogens is 356 g/mol. The minimum absolute atomic E-state index is 0.0539. The summed E-state index contributed by atoms with van der Waals surface area (Å²) in [6.45, 7) is 9.89. The zero-order chi connectivity index (χ0) is 20.7. The van der Waals surface area contributed by atoms with Gasteiger partial charge in [-0.05, 0) is 54.8 Å². The molecule has 0 amide bonds. The molecule has 0 aliphatic heterocycles. The normalized spacial score (nSPS) is 11.2. The second-order valence-electron chi connectivity index (χ2n) is 8.28. The van der Waals surface area contributed by atoms with Crippen LogP contribution in [0.2, 0.25) is 0 Å². The number of benzene rings is 3. The maximum absolute atomic E-state index is 6.07. The summed E-state index contributed by atoms with van der Waals surface area (Å²) < 4.78 is 12.0. The zero-order valence-corrected chi connectivity index (χ0v) is 17.8. The molecule has 0 bridgehead atoms. The molecule has 29 heavy (non-hydrogen) atoms. The molecule has 0 aliphatic rings. The van der Waals surface area contributed by atoms with Gasteiger partial charge in [-0.2, -0.15) is 0 Å². The Labute approximate surface area is 174 Å². The highest BCUT2D eigenvalue weighted by Gasteiger charge is 2.20. The standard InChI is InChI=1S/C27H30O2/c1-21(2)17-22-13-15-24(16-14-22)27(3,4)20-28-19-23-9-8-12-26(18-23)29-25-10-6-5-7-11-25/h5-18H,19-20H2,1-4H3. The highest BCUT2D eigenvalue weighted by molar-refractivity contribution is 5.52. The van der Waals surface area contributed by atoms with Crippen molar-refractivity contribution in [1.82, 2.24) is 0 Å². The van der Waals surface area contributed by atoms with Crippen molar-refractivity contribution in [2.45, 2.75) is 39.7 Å². The Kier molecular flexibility index (Phi) is 6.90. The van der Waals surface area contributed by atoms with Crippen LogP contribution in [0.5, 0.6) is 11.5 Å². The van der Waals surface area contributed by atoms with E-state index in [1.165, 1.54) is 16.7 Å². The first-order chi connectivity index (χ1) is 13.9. The fourth-order valence-electron chi connectivity index (χ4n) is 3.19. The van der Waals surface area contributed by atoms with Crippen LogP contribution >= 0.6 is 0 Å². The van der Waals surface area contributed by atoms with Gasteiger partial charge in [-0.3, -0.25) is 0 Å². The van der Waals surface area contributed by atoms with Gasteiger partial charge < -0.3 is 9.47 Å². The first kappa shape index (κ1) is 20.9. The lowest BCUT2D eigenvalue weighted by Gasteiger charge is -2.25. The summed E-state index contributed by atoms with van der Waals surface area (Å²) >= 11 is 0. The lowest BCUT2D eigenvalue weighted by atomic mass is 9.85. The number of hydrogen-bond donors (Lipinski definition) is 0. The fraction of sp³-hybridized carbons (Fsp3) is 0.259. The lowest BCUT2D eigenvalue weighted by Crippen LogP contribution is -2.24. The molecule has 150 valence electrons. The Bertz CT molecular complexity index is 934. The van der Waals surface area contributed by atoms with Crippen molar-refractivity contribution >= 4 is 6.08 Å². The van der Waals surface area contributed by atoms with Crippen molar-refractivity contribution in [1.29, 1.82) is 0 Å². The van der Waals surface area contributed by atoms with Crippen molar-refractivity contribution < 1.29 is 9.47 Å². The van der Waals surface area contributed by atoms with E-state index in [1.807, 2.05) is 48.5 Å². The first-order valence-corrected chi connectivity index (χ1v) is 10.1. The maximum atomic E-state index is 6.07. The van der Waals surface area contributed by atoms with Crippen molar-refractivity contribution in [3.8, 4) is 11.5 Å². The molecule has 3 aromatic carbocycles. The molecule has 0 saturated carbocycles. The average Bonchev–Trinajstić information content (AvgIpc) is 2.69. The van der Waals surface area contributed by atoms with Crippen molar-refractivity contribution in [2.75, 3.05) is 6.61 Å². The molecule has 0 heterocycles. The summed E-state index contributed by atoms with van der Waals surface area (Å²) in [5.41, 5.74) is 4.87. The molecule has 2 nitrogen and oxygen atoms in total. The van der Waals surface area contributed by atoms with Gasteiger partial charge in [0.15, 0.2) is 0 Å². The Morgan fingerprint density at radius 1 is 0.828 bits per heavy atom. The molecule has 0 N–H and O–H groups in total. The summed E-state index contributed by atoms with van der Waals surface area (Å²) in [6.07, 6.45) is 2.19. The molecular formula is C27H30O2. The van der Waals surface area contributed by atoms with E-state index in [1.54, 1.807) is 0 Å². The van der Waals surface area contributed by atoms with Gasteiger partial charge in [0.1, 0.15) is 11.5 Å². The first-order valence-electron chi connectivity index (χ1n) is 10.1. The van der Waals surface area contributed by atoms with Gasteiger partial charge >= 0.3 is 0 Å². The van der Waals surface area contributed by atoms with Crippen LogP contribution in [-0.2, 0) is 16.8 Å². The Hall–Kier alpha value is -2.84. The van der Waals surface area contributed by atoms with E-state index < -0.39 is 0 Å². The molecule has 0 aromatic heterocycles. The van der Waals surface area contributed by atoms with E-state index in [4.69, 9.17) is 9.47 Å². The number of allylic oxidation sites excluding steroid dienone is 1. The van der Waals surface area contributed by atoms with Crippen molar-refractivity contribution in [3.63, 3.8) is 0 Å². The van der Waals surface area contributed by atoms with Gasteiger partial charge in [0.05, 0.1) is 13.2 Å². The van der Waals surface area contributed by atoms with E-state index >= 15 is 0 Å². The van der Waals surface area contributed by atoms with Crippen LogP contribution in [0.4, 0.5) is 0 Å². The number of ether oxygens (including phenoxy) is 2. The Morgan fingerprint density at radius 2 is 1.52 bits per heavy atom. The molecule has 3 aromatic rings. The average molecular weight is 387 g/mol. The van der Waals surface area contributed by atoms with Gasteiger partial charge in [-0.25, -0.2) is 0 Å². The summed E-state index contributed by atoms with van der Waals surface area (Å²) in [5.74, 6) is 1.66. The van der Waals surface area contributed by atoms with Gasteiger partial charge in [0.2, 0.25) is 0 Å². The minimum atomic E-state index is -0.0539. The van der Waals surface area contributed by atoms with Crippen LogP contribution in [0, 0.1) is 0 Å². The highest BCUT2D eigenvalue weighted by Crippen LogP contribution is 2.26. The number of hydrogen-bond acceptors (Lipinski definition) is 2. The largest absolute Gasteiger partial charge is 0.457 e. The van der Waals surface area contributed by atoms with Crippen LogP contribution in [0.3, 0.4) is 0 Å². The molecule has 0 fully saturated rings. The van der Waals surface area contributed by atoms with Crippen LogP contribution in [0.25, 0.3) is 6.08 Å². The molecule has 0 radical (unpaired) electrons. The van der Waals surface area contributed by atoms with E-state index in [2.05, 4.69) is 64.1 Å². The predicted molar refractivity (Wildman–Crippen MR) is 121 cm³/mol. The van der Waals surface area contributed by atoms with Crippen LogP contribution < -0.4 is 4.74 Å². The third-order valence-corrected chi connectivity index (χ3v) is 4.76. The summed E-state index contributed by atoms with van der Waals surface area (Å²) in [7, 11) is 0. The highest BCUT2D eigenvalue weighted by atomic mass is 16.5. The van der Waals surface area contributed by atoms with Crippen LogP contribution in [0.15, 0.2) is 84.4 Å². The monoisotopic (exact) mass is 386 g/mol. The summed E-state index contributed by atoms with van der Waals surface area (Å²) in [6, 6.07) is 26.7. The van der Waals surface area contributed by atoms with Crippen molar-refractivity contribution in [2.24, 2.45) is 0 Å². The second-order valence-corrected chi connectivity index (χ2v) is 8.28. The second kappa shape index (κ2) is 9.58. The maximum Gasteiger partial charge on any atom is 0.127 e. The summed E-state index contributed by atoms with van der Waals surface area (Å²) in [5, 5.41) is 0. The van der Waals surface area contributed by atoms with Gasteiger partial charge in [-0.1, -0.05) is 80.1 Å². The molecule has 2 heteroatoms. The van der Waals surface area contributed by atoms with Gasteiger partial charge in [-0.15, -0.1) is 0 Å². The SMILES string of the molecule is CC(C)=Cc1ccc(C(C)(C)COCc2cccc(Oc3ccccc3)c2)cc1. The van der Waals surface area contributed by atoms with E-state index in [0.29, 0.717) is 13.2 Å². The Morgan fingerprint density at radius 3 is 2.21 bits per heavy atom. The predicted octanol–water partition coefficient (Wildman–Crippen LogP) is 7.40. The Balaban J connectivity index is 1.57. The molecule has 0 aliphatic carbocycles. The molecule has 3 rings (SSSR count). The lowest BCUT2D eigenvalue weighted by molar-refractivity contribution is 0.0824. The summed E-state index contributed by atoms with van der Waals surface area (Å²) in [4.78, 5) is 0. The number of para-hydroxylation sites is 1. The van der Waals surface area contributed by atoms with Gasteiger partial charge in [0, 0.05) is 5.41 Å². The van der Waals surface area contributed by atoms with Gasteiger partial charge in [0.25, 0.3) is 0 Å². The molecule has 0 spiro atoms. The number of rotatable bonds is 8. The van der Waals surface area contributed by atoms with E-state index in [-0.39, 0.29) is 5.41 Å². The third kappa shape index (κ3) is 6.33. The molecule has 0 atom stereocenters. The van der Waals surface area contributed by atoms with Crippen molar-refractivity contribution in [3.05, 3.63) is 101 Å². The van der Waals surface area contributed by atoms with E-state index in [0.717, 1.165) is 17.1 Å². The quantitative estimate of drug-likeness (QED) is 0.401. The fourth-order valence-corrected chi connectivity index (χ4v) is 3.19. The molecule has 0 unspecified atom stereocenters. The zero-order valence-electron chi connectivity index (χ0n) is 17.8. The van der Waals surface area contributed by atoms with Crippen LogP contribution in [0.1, 0.15) is 44.4 Å². The minimum Gasteiger partial charge on any atom is -0.457 e. The molecule has 0 saturated heterocycles. The smallest absolute Gasteiger partial charge is 0.127 e. The topological polar surface area (TPSA) is 18.5 Å².